The first-order valence-electron chi connectivity index (χ1n) is 9.73. The predicted octanol–water partition coefficient (Wildman–Crippen LogP) is 4.85. The summed E-state index contributed by atoms with van der Waals surface area (Å²) in [6.07, 6.45) is 0. The molecule has 0 bridgehead atoms. The number of hydrogen-bond acceptors (Lipinski definition) is 7. The van der Waals surface area contributed by atoms with Gasteiger partial charge in [0.25, 0.3) is 5.56 Å². The number of thiophene rings is 1. The van der Waals surface area contributed by atoms with E-state index in [1.165, 1.54) is 34.4 Å². The molecule has 1 aromatic carbocycles. The molecular weight excluding hydrogens is 436 g/mol. The number of anilines is 1. The van der Waals surface area contributed by atoms with Gasteiger partial charge in [-0.3, -0.25) is 19.1 Å². The summed E-state index contributed by atoms with van der Waals surface area (Å²) >= 11 is 4.35. The summed E-state index contributed by atoms with van der Waals surface area (Å²) in [7, 11) is 0. The molecule has 0 unspecified atom stereocenters. The monoisotopic (exact) mass is 458 g/mol. The van der Waals surface area contributed by atoms with Gasteiger partial charge in [-0.1, -0.05) is 35.2 Å². The van der Waals surface area contributed by atoms with Crippen LogP contribution in [0.4, 0.5) is 5.13 Å². The number of carbonyl (C=O) groups excluding carboxylic acids is 1. The van der Waals surface area contributed by atoms with Crippen molar-refractivity contribution in [2.45, 2.75) is 39.4 Å². The lowest BCUT2D eigenvalue weighted by Crippen LogP contribution is -2.32. The topological polar surface area (TPSA) is 68.1 Å². The van der Waals surface area contributed by atoms with E-state index in [-0.39, 0.29) is 17.2 Å². The lowest BCUT2D eigenvalue weighted by atomic mass is 10.2. The number of thiazole rings is 1. The molecule has 0 spiro atoms. The molecule has 3 aromatic heterocycles. The number of carbonyl (C=O) groups is 1. The molecule has 0 N–H and O–H groups in total. The third kappa shape index (κ3) is 3.66. The smallest absolute Gasteiger partial charge is 0.263 e. The summed E-state index contributed by atoms with van der Waals surface area (Å²) in [6.45, 7) is 8.89. The predicted molar refractivity (Wildman–Crippen MR) is 127 cm³/mol. The number of thioether (sulfide) groups is 1. The molecule has 0 radical (unpaired) electrons. The van der Waals surface area contributed by atoms with Gasteiger partial charge in [-0.15, -0.1) is 11.3 Å². The van der Waals surface area contributed by atoms with Crippen LogP contribution in [0.15, 0.2) is 34.2 Å². The molecule has 0 aliphatic heterocycles. The van der Waals surface area contributed by atoms with Crippen molar-refractivity contribution in [1.82, 2.24) is 14.5 Å². The highest BCUT2D eigenvalue weighted by molar-refractivity contribution is 7.99. The number of hydrogen-bond donors (Lipinski definition) is 0. The van der Waals surface area contributed by atoms with Gasteiger partial charge in [0.1, 0.15) is 4.83 Å². The highest BCUT2D eigenvalue weighted by Gasteiger charge is 2.21. The van der Waals surface area contributed by atoms with E-state index >= 15 is 0 Å². The van der Waals surface area contributed by atoms with Crippen molar-refractivity contribution in [3.05, 3.63) is 45.1 Å². The Morgan fingerprint density at radius 2 is 1.93 bits per heavy atom. The number of amides is 1. The van der Waals surface area contributed by atoms with Crippen molar-refractivity contribution < 1.29 is 4.79 Å². The van der Waals surface area contributed by atoms with Crippen LogP contribution in [0, 0.1) is 13.8 Å². The van der Waals surface area contributed by atoms with E-state index in [0.29, 0.717) is 28.8 Å². The third-order valence-corrected chi connectivity index (χ3v) is 8.15. The quantitative estimate of drug-likeness (QED) is 0.305. The number of aromatic nitrogens is 3. The Labute approximate surface area is 186 Å². The largest absolute Gasteiger partial charge is 0.288 e. The molecule has 9 heteroatoms. The van der Waals surface area contributed by atoms with E-state index in [4.69, 9.17) is 4.98 Å². The first-order valence-corrected chi connectivity index (χ1v) is 12.4. The normalized spacial score (nSPS) is 11.5. The van der Waals surface area contributed by atoms with Gasteiger partial charge in [0.15, 0.2) is 10.3 Å². The SMILES string of the molecule is CCN(C(=O)CSc1nc2sc(C)c(C)c2c(=O)n1CC)c1nc2ccccc2s1. The molecule has 4 aromatic rings. The highest BCUT2D eigenvalue weighted by Crippen LogP contribution is 2.30. The fourth-order valence-corrected chi connectivity index (χ4v) is 6.35. The Morgan fingerprint density at radius 3 is 2.63 bits per heavy atom. The molecule has 4 rings (SSSR count). The standard InChI is InChI=1S/C21H22N4O2S3/c1-5-24(21-22-14-9-7-8-10-15(14)30-21)16(26)11-28-20-23-18-17(12(3)13(4)29-18)19(27)25(20)6-2/h7-10H,5-6,11H2,1-4H3. The molecule has 0 fully saturated rings. The summed E-state index contributed by atoms with van der Waals surface area (Å²) in [5.74, 6) is 0.155. The zero-order chi connectivity index (χ0) is 21.4. The number of aryl methyl sites for hydroxylation is 2. The van der Waals surface area contributed by atoms with Crippen LogP contribution in [0.3, 0.4) is 0 Å². The molecule has 0 saturated heterocycles. The Kier molecular flexibility index (Phi) is 5.95. The zero-order valence-electron chi connectivity index (χ0n) is 17.3. The second kappa shape index (κ2) is 8.49. The van der Waals surface area contributed by atoms with Crippen LogP contribution in [0.25, 0.3) is 20.4 Å². The molecule has 156 valence electrons. The molecule has 1 amide bonds. The van der Waals surface area contributed by atoms with Gasteiger partial charge in [0, 0.05) is 18.0 Å². The van der Waals surface area contributed by atoms with E-state index in [1.807, 2.05) is 52.0 Å². The van der Waals surface area contributed by atoms with E-state index in [1.54, 1.807) is 9.47 Å². The summed E-state index contributed by atoms with van der Waals surface area (Å²) < 4.78 is 2.72. The average molecular weight is 459 g/mol. The Morgan fingerprint density at radius 1 is 1.17 bits per heavy atom. The van der Waals surface area contributed by atoms with E-state index in [2.05, 4.69) is 4.98 Å². The minimum Gasteiger partial charge on any atom is -0.288 e. The number of rotatable bonds is 6. The van der Waals surface area contributed by atoms with Crippen molar-refractivity contribution in [2.24, 2.45) is 0 Å². The minimum atomic E-state index is -0.0444. The van der Waals surface area contributed by atoms with Gasteiger partial charge >= 0.3 is 0 Å². The highest BCUT2D eigenvalue weighted by atomic mass is 32.2. The Bertz CT molecular complexity index is 1270. The van der Waals surface area contributed by atoms with Gasteiger partial charge in [-0.05, 0) is 45.4 Å². The third-order valence-electron chi connectivity index (χ3n) is 5.03. The first-order chi connectivity index (χ1) is 14.4. The van der Waals surface area contributed by atoms with Crippen molar-refractivity contribution in [1.29, 1.82) is 0 Å². The van der Waals surface area contributed by atoms with Crippen molar-refractivity contribution >= 4 is 65.9 Å². The second-order valence-electron chi connectivity index (χ2n) is 6.80. The summed E-state index contributed by atoms with van der Waals surface area (Å²) in [6, 6.07) is 7.87. The molecule has 0 aliphatic carbocycles. The number of para-hydroxylation sites is 1. The van der Waals surface area contributed by atoms with Crippen molar-refractivity contribution in [3.63, 3.8) is 0 Å². The summed E-state index contributed by atoms with van der Waals surface area (Å²) in [4.78, 5) is 38.8. The zero-order valence-corrected chi connectivity index (χ0v) is 19.7. The van der Waals surface area contributed by atoms with Gasteiger partial charge < -0.3 is 0 Å². The van der Waals surface area contributed by atoms with Crippen molar-refractivity contribution in [2.75, 3.05) is 17.2 Å². The lowest BCUT2D eigenvalue weighted by molar-refractivity contribution is -0.116. The van der Waals surface area contributed by atoms with Crippen LogP contribution in [-0.2, 0) is 11.3 Å². The molecule has 3 heterocycles. The molecule has 0 aliphatic rings. The molecule has 0 saturated carbocycles. The van der Waals surface area contributed by atoms with Gasteiger partial charge in [-0.25, -0.2) is 9.97 Å². The number of fused-ring (bicyclic) bond motifs is 2. The maximum atomic E-state index is 13.0. The van der Waals surface area contributed by atoms with Crippen LogP contribution >= 0.6 is 34.4 Å². The van der Waals surface area contributed by atoms with Gasteiger partial charge in [0.05, 0.1) is 21.4 Å². The maximum absolute atomic E-state index is 13.0. The Hall–Kier alpha value is -2.23. The molecule has 30 heavy (non-hydrogen) atoms. The van der Waals surface area contributed by atoms with E-state index in [9.17, 15) is 9.59 Å². The van der Waals surface area contributed by atoms with E-state index in [0.717, 1.165) is 25.5 Å². The van der Waals surface area contributed by atoms with Crippen LogP contribution in [-0.4, -0.2) is 32.7 Å². The van der Waals surface area contributed by atoms with Gasteiger partial charge in [-0.2, -0.15) is 0 Å². The van der Waals surface area contributed by atoms with Crippen LogP contribution in [0.1, 0.15) is 24.3 Å². The first kappa shape index (κ1) is 21.0. The lowest BCUT2D eigenvalue weighted by Gasteiger charge is -2.17. The maximum Gasteiger partial charge on any atom is 0.263 e. The minimum absolute atomic E-state index is 0.0298. The van der Waals surface area contributed by atoms with Gasteiger partial charge in [0.2, 0.25) is 5.91 Å². The summed E-state index contributed by atoms with van der Waals surface area (Å²) in [5, 5.41) is 1.98. The van der Waals surface area contributed by atoms with Crippen LogP contribution < -0.4 is 10.5 Å². The summed E-state index contributed by atoms with van der Waals surface area (Å²) in [5.41, 5.74) is 1.86. The molecule has 0 atom stereocenters. The van der Waals surface area contributed by atoms with Crippen LogP contribution in [0.5, 0.6) is 0 Å². The fourth-order valence-electron chi connectivity index (χ4n) is 3.30. The van der Waals surface area contributed by atoms with E-state index < -0.39 is 0 Å². The van der Waals surface area contributed by atoms with Crippen molar-refractivity contribution in [3.8, 4) is 0 Å². The molecule has 6 nitrogen and oxygen atoms in total. The number of benzene rings is 1. The second-order valence-corrected chi connectivity index (χ2v) is 9.95. The Balaban J connectivity index is 1.61. The van der Waals surface area contributed by atoms with Crippen LogP contribution in [0.2, 0.25) is 0 Å². The average Bonchev–Trinajstić information content (AvgIpc) is 3.27. The number of nitrogens with zero attached hydrogens (tertiary/aromatic N) is 4. The molecular formula is C21H22N4O2S3. The fraction of sp³-hybridized carbons (Fsp3) is 0.333.